The van der Waals surface area contributed by atoms with E-state index in [1.54, 1.807) is 12.1 Å². The van der Waals surface area contributed by atoms with E-state index in [-0.39, 0.29) is 23.4 Å². The number of aromatic nitrogens is 4. The molecule has 6 aromatic rings. The molecule has 2 unspecified atom stereocenters. The molecule has 6 N–H and O–H groups in total. The molecule has 2 atom stereocenters. The number of anilines is 6. The van der Waals surface area contributed by atoms with Gasteiger partial charge >= 0.3 is 0 Å². The summed E-state index contributed by atoms with van der Waals surface area (Å²) >= 11 is 0. The molecule has 0 bridgehead atoms. The zero-order chi connectivity index (χ0) is 39.9. The molecule has 2 aromatic heterocycles. The maximum absolute atomic E-state index is 13.9. The fraction of sp³-hybridized carbons (Fsp3) is 0.273. The first-order valence-electron chi connectivity index (χ1n) is 19.7. The van der Waals surface area contributed by atoms with Gasteiger partial charge in [0.25, 0.3) is 11.8 Å². The number of para-hydroxylation sites is 2. The Balaban J connectivity index is 0.000000150. The highest BCUT2D eigenvalue weighted by atomic mass is 19.1. The van der Waals surface area contributed by atoms with Gasteiger partial charge in [-0.15, -0.1) is 5.10 Å². The third kappa shape index (κ3) is 6.88. The molecule has 0 amide bonds. The van der Waals surface area contributed by atoms with E-state index in [1.165, 1.54) is 33.6 Å². The van der Waals surface area contributed by atoms with Gasteiger partial charge in [0.1, 0.15) is 23.3 Å². The van der Waals surface area contributed by atoms with Gasteiger partial charge in [-0.25, -0.2) is 13.5 Å². The summed E-state index contributed by atoms with van der Waals surface area (Å²) in [4.78, 5) is 31.3. The van der Waals surface area contributed by atoms with E-state index in [2.05, 4.69) is 54.9 Å². The van der Waals surface area contributed by atoms with E-state index in [4.69, 9.17) is 11.5 Å². The number of carbonyl (C=O) groups excluding carboxylic acids is 2. The summed E-state index contributed by atoms with van der Waals surface area (Å²) in [7, 11) is 0. The van der Waals surface area contributed by atoms with Crippen LogP contribution in [0.4, 0.5) is 43.2 Å². The highest BCUT2D eigenvalue weighted by Gasteiger charge is 2.35. The normalized spacial score (nSPS) is 18.0. The maximum Gasteiger partial charge on any atom is 0.256 e. The third-order valence-corrected chi connectivity index (χ3v) is 11.7. The van der Waals surface area contributed by atoms with Gasteiger partial charge in [0.2, 0.25) is 0 Å². The summed E-state index contributed by atoms with van der Waals surface area (Å²) < 4.78 is 30.5. The Hall–Kier alpha value is -6.70. The molecular weight excluding hydrogens is 739 g/mol. The zero-order valence-electron chi connectivity index (χ0n) is 31.9. The number of nitrogens with zero attached hydrogens (tertiary/aromatic N) is 6. The van der Waals surface area contributed by atoms with Crippen molar-refractivity contribution in [3.8, 4) is 0 Å². The quantitative estimate of drug-likeness (QED) is 0.150. The third-order valence-electron chi connectivity index (χ3n) is 11.7. The second-order valence-electron chi connectivity index (χ2n) is 15.1. The lowest BCUT2D eigenvalue weighted by atomic mass is 9.90. The Kier molecular flexibility index (Phi) is 9.76. The molecular formula is C44H44F2N10O2. The fourth-order valence-corrected chi connectivity index (χ4v) is 8.72. The van der Waals surface area contributed by atoms with Crippen LogP contribution in [0, 0.1) is 11.6 Å². The van der Waals surface area contributed by atoms with Crippen LogP contribution in [-0.4, -0.2) is 57.6 Å². The van der Waals surface area contributed by atoms with Gasteiger partial charge in [-0.05, 0) is 97.5 Å². The number of nitrogens with two attached hydrogens (primary N) is 2. The van der Waals surface area contributed by atoms with Gasteiger partial charge in [-0.2, -0.15) is 9.78 Å². The van der Waals surface area contributed by atoms with Gasteiger partial charge in [-0.1, -0.05) is 36.4 Å². The van der Waals surface area contributed by atoms with Crippen LogP contribution in [0.1, 0.15) is 67.9 Å². The minimum atomic E-state index is -0.462. The molecule has 0 saturated heterocycles. The van der Waals surface area contributed by atoms with E-state index in [1.807, 2.05) is 36.4 Å². The molecule has 10 rings (SSSR count). The lowest BCUT2D eigenvalue weighted by molar-refractivity contribution is 0.0847. The second-order valence-corrected chi connectivity index (χ2v) is 15.1. The summed E-state index contributed by atoms with van der Waals surface area (Å²) in [5.41, 5.74) is 21.2. The summed E-state index contributed by atoms with van der Waals surface area (Å²) in [6.07, 6.45) is 2.64. The molecule has 0 aliphatic carbocycles. The van der Waals surface area contributed by atoms with Gasteiger partial charge in [0.15, 0.2) is 0 Å². The van der Waals surface area contributed by atoms with Crippen LogP contribution >= 0.6 is 0 Å². The van der Waals surface area contributed by atoms with Crippen LogP contribution in [0.5, 0.6) is 0 Å². The first-order chi connectivity index (χ1) is 28.2. The van der Waals surface area contributed by atoms with Crippen molar-refractivity contribution in [3.63, 3.8) is 0 Å². The number of hydrogen-bond donors (Lipinski definition) is 4. The predicted octanol–water partition coefficient (Wildman–Crippen LogP) is 6.81. The Bertz CT molecular complexity index is 2500. The van der Waals surface area contributed by atoms with Crippen molar-refractivity contribution in [2.75, 3.05) is 58.1 Å². The van der Waals surface area contributed by atoms with E-state index in [0.717, 1.165) is 71.2 Å². The first-order valence-corrected chi connectivity index (χ1v) is 19.7. The van der Waals surface area contributed by atoms with Gasteiger partial charge in [0.05, 0.1) is 36.3 Å². The summed E-state index contributed by atoms with van der Waals surface area (Å²) in [5.74, 6) is -1.13. The Morgan fingerprint density at radius 3 is 1.72 bits per heavy atom. The van der Waals surface area contributed by atoms with Crippen molar-refractivity contribution in [1.29, 1.82) is 0 Å². The average Bonchev–Trinajstić information content (AvgIpc) is 3.78. The molecule has 14 heteroatoms. The van der Waals surface area contributed by atoms with E-state index in [0.29, 0.717) is 61.8 Å². The molecule has 0 radical (unpaired) electrons. The molecule has 12 nitrogen and oxygen atoms in total. The molecule has 0 fully saturated rings. The SMILES string of the molecule is Nc1c2c(nn1C(=O)C1CCNc3ccc(F)cc31)CN(c1ccccc1)CC2.Nc1nn(C(=O)C2CCNc3ccc(F)cc32)c2c1CCN(c1ccccc1)C2. The monoisotopic (exact) mass is 782 g/mol. The largest absolute Gasteiger partial charge is 0.385 e. The van der Waals surface area contributed by atoms with Crippen LogP contribution in [0.25, 0.3) is 0 Å². The first kappa shape index (κ1) is 36.9. The van der Waals surface area contributed by atoms with Crippen LogP contribution in [0.15, 0.2) is 97.1 Å². The minimum absolute atomic E-state index is 0.152. The van der Waals surface area contributed by atoms with E-state index in [9.17, 15) is 18.4 Å². The minimum Gasteiger partial charge on any atom is -0.385 e. The number of benzene rings is 4. The average molecular weight is 783 g/mol. The Morgan fingerprint density at radius 1 is 0.638 bits per heavy atom. The van der Waals surface area contributed by atoms with Crippen molar-refractivity contribution in [3.05, 3.63) is 142 Å². The van der Waals surface area contributed by atoms with Crippen molar-refractivity contribution in [1.82, 2.24) is 19.6 Å². The molecule has 0 spiro atoms. The molecule has 58 heavy (non-hydrogen) atoms. The van der Waals surface area contributed by atoms with Crippen molar-refractivity contribution < 1.29 is 18.4 Å². The van der Waals surface area contributed by atoms with Crippen LogP contribution in [0.3, 0.4) is 0 Å². The number of halogens is 2. The predicted molar refractivity (Wildman–Crippen MR) is 221 cm³/mol. The second kappa shape index (κ2) is 15.3. The summed E-state index contributed by atoms with van der Waals surface area (Å²) in [6, 6.07) is 29.3. The molecule has 4 aliphatic heterocycles. The van der Waals surface area contributed by atoms with Crippen molar-refractivity contribution in [2.24, 2.45) is 0 Å². The summed E-state index contributed by atoms with van der Waals surface area (Å²) in [5, 5.41) is 15.4. The van der Waals surface area contributed by atoms with E-state index < -0.39 is 11.8 Å². The number of rotatable bonds is 4. The molecule has 0 saturated carbocycles. The Morgan fingerprint density at radius 2 is 1.16 bits per heavy atom. The number of nitrogen functional groups attached to an aromatic ring is 2. The number of fused-ring (bicyclic) bond motifs is 4. The standard InChI is InChI=1S/2C22H22FN5O/c23-14-6-7-19-18(12-14)16(8-10-25-19)22(29)28-20-13-27(15-4-2-1-3-5-15)11-9-17(20)21(24)26-28;23-14-6-7-19-18(12-14)16(8-10-25-19)22(29)28-21(24)17-9-11-27(13-20(17)26-28)15-4-2-1-3-5-15/h1-7,12,16,25H,8-11,13H2,(H2,24,26);1-7,12,16,25H,8-11,13,24H2. The van der Waals surface area contributed by atoms with Crippen molar-refractivity contribution >= 4 is 46.2 Å². The zero-order valence-corrected chi connectivity index (χ0v) is 31.9. The highest BCUT2D eigenvalue weighted by Crippen LogP contribution is 2.37. The number of nitrogens with one attached hydrogen (secondary N) is 2. The smallest absolute Gasteiger partial charge is 0.256 e. The van der Waals surface area contributed by atoms with Gasteiger partial charge in [-0.3, -0.25) is 9.59 Å². The van der Waals surface area contributed by atoms with Crippen LogP contribution < -0.4 is 31.9 Å². The van der Waals surface area contributed by atoms with Gasteiger partial charge < -0.3 is 31.9 Å². The maximum atomic E-state index is 13.9. The fourth-order valence-electron chi connectivity index (χ4n) is 8.72. The topological polar surface area (TPSA) is 152 Å². The van der Waals surface area contributed by atoms with Crippen LogP contribution in [0.2, 0.25) is 0 Å². The van der Waals surface area contributed by atoms with E-state index >= 15 is 0 Å². The van der Waals surface area contributed by atoms with Crippen molar-refractivity contribution in [2.45, 2.75) is 50.6 Å². The van der Waals surface area contributed by atoms with Gasteiger partial charge in [0, 0.05) is 60.1 Å². The molecule has 4 aromatic carbocycles. The van der Waals surface area contributed by atoms with Crippen LogP contribution in [-0.2, 0) is 25.9 Å². The number of carbonyl (C=O) groups is 2. The lowest BCUT2D eigenvalue weighted by Gasteiger charge is -2.30. The number of hydrogen-bond acceptors (Lipinski definition) is 10. The lowest BCUT2D eigenvalue weighted by Crippen LogP contribution is -2.34. The molecule has 6 heterocycles. The molecule has 296 valence electrons. The molecule has 4 aliphatic rings. The summed E-state index contributed by atoms with van der Waals surface area (Å²) in [6.45, 7) is 4.13. The Labute approximate surface area is 334 Å². The highest BCUT2D eigenvalue weighted by molar-refractivity contribution is 5.91.